The molecule has 5 rings (SSSR count). The van der Waals surface area contributed by atoms with E-state index in [1.165, 1.54) is 0 Å². The van der Waals surface area contributed by atoms with Crippen LogP contribution in [-0.2, 0) is 20.9 Å². The molecule has 2 heterocycles. The number of rotatable bonds is 8. The Labute approximate surface area is 205 Å². The number of aliphatic hydroxyl groups is 1. The first-order valence-electron chi connectivity index (χ1n) is 12.3. The number of carbonyl (C=O) groups excluding carboxylic acids is 2. The quantitative estimate of drug-likeness (QED) is 0.536. The maximum absolute atomic E-state index is 12.7. The van der Waals surface area contributed by atoms with Crippen LogP contribution in [0.25, 0.3) is 0 Å². The third kappa shape index (κ3) is 5.13. The van der Waals surface area contributed by atoms with Crippen molar-refractivity contribution in [2.75, 3.05) is 19.0 Å². The van der Waals surface area contributed by atoms with Crippen LogP contribution in [0, 0.1) is 5.92 Å². The van der Waals surface area contributed by atoms with Gasteiger partial charge in [-0.05, 0) is 55.2 Å². The van der Waals surface area contributed by atoms with Crippen molar-refractivity contribution in [2.24, 2.45) is 5.92 Å². The number of methoxy groups -OCH3 is 1. The molecule has 0 bridgehead atoms. The molecule has 1 saturated heterocycles. The maximum Gasteiger partial charge on any atom is 0.227 e. The van der Waals surface area contributed by atoms with Gasteiger partial charge in [0.2, 0.25) is 11.8 Å². The fraction of sp³-hybridized carbons (Fsp3) is 0.481. The van der Waals surface area contributed by atoms with Crippen molar-refractivity contribution in [3.05, 3.63) is 53.6 Å². The number of anilines is 1. The minimum Gasteiger partial charge on any atom is -0.497 e. The first kappa shape index (κ1) is 23.6. The number of hydrogen-bond acceptors (Lipinski definition) is 6. The lowest BCUT2D eigenvalue weighted by Crippen LogP contribution is -2.47. The molecule has 8 nitrogen and oxygen atoms in total. The Morgan fingerprint density at radius 3 is 2.63 bits per heavy atom. The van der Waals surface area contributed by atoms with Crippen LogP contribution in [0.2, 0.25) is 0 Å². The summed E-state index contributed by atoms with van der Waals surface area (Å²) in [6.45, 7) is 0.228. The molecule has 35 heavy (non-hydrogen) atoms. The zero-order chi connectivity index (χ0) is 24.4. The third-order valence-corrected chi connectivity index (χ3v) is 7.30. The summed E-state index contributed by atoms with van der Waals surface area (Å²) in [4.78, 5) is 25.1. The molecule has 3 aliphatic rings. The van der Waals surface area contributed by atoms with Gasteiger partial charge in [-0.25, -0.2) is 0 Å². The summed E-state index contributed by atoms with van der Waals surface area (Å²) < 4.78 is 17.3. The SMILES string of the molecule is COc1ccc(CNC(=O)C[C@H]2C[C@@H]3c4cc(NC(=O)C5CCC5)ccc4O[C@@H]3[C@@H](CO)O2)cc1. The third-order valence-electron chi connectivity index (χ3n) is 7.30. The summed E-state index contributed by atoms with van der Waals surface area (Å²) in [7, 11) is 1.62. The highest BCUT2D eigenvalue weighted by Crippen LogP contribution is 2.47. The van der Waals surface area contributed by atoms with E-state index < -0.39 is 6.10 Å². The van der Waals surface area contributed by atoms with Crippen LogP contribution in [0.3, 0.4) is 0 Å². The topological polar surface area (TPSA) is 106 Å². The molecule has 186 valence electrons. The van der Waals surface area contributed by atoms with Crippen molar-refractivity contribution < 1.29 is 28.9 Å². The Bertz CT molecular complexity index is 1070. The van der Waals surface area contributed by atoms with Gasteiger partial charge >= 0.3 is 0 Å². The second-order valence-electron chi connectivity index (χ2n) is 9.60. The lowest BCUT2D eigenvalue weighted by atomic mass is 9.83. The summed E-state index contributed by atoms with van der Waals surface area (Å²) in [5.74, 6) is 1.56. The van der Waals surface area contributed by atoms with Crippen molar-refractivity contribution in [2.45, 2.75) is 62.9 Å². The number of ether oxygens (including phenoxy) is 3. The minimum atomic E-state index is -0.520. The highest BCUT2D eigenvalue weighted by molar-refractivity contribution is 5.93. The van der Waals surface area contributed by atoms with Crippen molar-refractivity contribution in [3.63, 3.8) is 0 Å². The number of nitrogens with one attached hydrogen (secondary N) is 2. The van der Waals surface area contributed by atoms with Gasteiger partial charge in [-0.1, -0.05) is 18.6 Å². The second kappa shape index (κ2) is 10.3. The molecule has 8 heteroatoms. The molecule has 0 spiro atoms. The van der Waals surface area contributed by atoms with Gasteiger partial charge in [-0.3, -0.25) is 9.59 Å². The van der Waals surface area contributed by atoms with Crippen molar-refractivity contribution in [3.8, 4) is 11.5 Å². The van der Waals surface area contributed by atoms with Crippen LogP contribution in [0.1, 0.15) is 49.1 Å². The fourth-order valence-corrected chi connectivity index (χ4v) is 5.10. The predicted octanol–water partition coefficient (Wildman–Crippen LogP) is 3.13. The lowest BCUT2D eigenvalue weighted by Gasteiger charge is -2.37. The first-order valence-corrected chi connectivity index (χ1v) is 12.3. The molecule has 0 radical (unpaired) electrons. The van der Waals surface area contributed by atoms with Crippen molar-refractivity contribution in [1.82, 2.24) is 5.32 Å². The number of hydrogen-bond donors (Lipinski definition) is 3. The molecule has 0 unspecified atom stereocenters. The molecule has 2 fully saturated rings. The molecule has 1 aliphatic carbocycles. The predicted molar refractivity (Wildman–Crippen MR) is 129 cm³/mol. The van der Waals surface area contributed by atoms with E-state index in [1.54, 1.807) is 7.11 Å². The van der Waals surface area contributed by atoms with Gasteiger partial charge < -0.3 is 30.0 Å². The monoisotopic (exact) mass is 480 g/mol. The average molecular weight is 481 g/mol. The Balaban J connectivity index is 1.22. The van der Waals surface area contributed by atoms with Gasteiger partial charge in [0.05, 0.1) is 26.2 Å². The van der Waals surface area contributed by atoms with Gasteiger partial charge in [0.15, 0.2) is 0 Å². The normalized spacial score (nSPS) is 25.0. The zero-order valence-corrected chi connectivity index (χ0v) is 19.9. The molecule has 3 N–H and O–H groups in total. The highest BCUT2D eigenvalue weighted by atomic mass is 16.6. The van der Waals surface area contributed by atoms with Gasteiger partial charge in [0.25, 0.3) is 0 Å². The number of amides is 2. The van der Waals surface area contributed by atoms with Crippen molar-refractivity contribution >= 4 is 17.5 Å². The highest BCUT2D eigenvalue weighted by Gasteiger charge is 2.46. The summed E-state index contributed by atoms with van der Waals surface area (Å²) in [6.07, 6.45) is 2.63. The second-order valence-corrected chi connectivity index (χ2v) is 9.60. The summed E-state index contributed by atoms with van der Waals surface area (Å²) in [6, 6.07) is 13.2. The Kier molecular flexibility index (Phi) is 6.92. The van der Waals surface area contributed by atoms with Gasteiger partial charge in [0, 0.05) is 29.6 Å². The van der Waals surface area contributed by atoms with E-state index in [0.717, 1.165) is 47.6 Å². The molecule has 2 aromatic rings. The van der Waals surface area contributed by atoms with Gasteiger partial charge in [-0.2, -0.15) is 0 Å². The number of aliphatic hydroxyl groups excluding tert-OH is 1. The van der Waals surface area contributed by atoms with E-state index in [1.807, 2.05) is 42.5 Å². The van der Waals surface area contributed by atoms with E-state index in [2.05, 4.69) is 10.6 Å². The van der Waals surface area contributed by atoms with Crippen LogP contribution in [-0.4, -0.2) is 48.9 Å². The maximum atomic E-state index is 12.7. The molecular weight excluding hydrogens is 448 g/mol. The van der Waals surface area contributed by atoms with Gasteiger partial charge in [0.1, 0.15) is 23.7 Å². The Morgan fingerprint density at radius 1 is 1.14 bits per heavy atom. The van der Waals surface area contributed by atoms with Crippen LogP contribution in [0.5, 0.6) is 11.5 Å². The Morgan fingerprint density at radius 2 is 1.94 bits per heavy atom. The van der Waals surface area contributed by atoms with E-state index >= 15 is 0 Å². The molecule has 2 aromatic carbocycles. The van der Waals surface area contributed by atoms with Crippen LogP contribution >= 0.6 is 0 Å². The van der Waals surface area contributed by atoms with E-state index in [4.69, 9.17) is 14.2 Å². The van der Waals surface area contributed by atoms with Crippen LogP contribution in [0.15, 0.2) is 42.5 Å². The standard InChI is InChI=1S/C27H32N2O6/c1-33-19-8-5-16(6-9-19)14-28-25(31)13-20-12-22-21-11-18(29-27(32)17-3-2-4-17)7-10-23(21)35-26(22)24(15-30)34-20/h5-11,17,20,22,24,26,30H,2-4,12-15H2,1H3,(H,28,31)(H,29,32)/t20-,22-,24-,26+/m1/s1. The Hall–Kier alpha value is -3.10. The summed E-state index contributed by atoms with van der Waals surface area (Å²) in [5, 5.41) is 15.9. The summed E-state index contributed by atoms with van der Waals surface area (Å²) >= 11 is 0. The van der Waals surface area contributed by atoms with Gasteiger partial charge in [-0.15, -0.1) is 0 Å². The average Bonchev–Trinajstić information content (AvgIpc) is 3.19. The smallest absolute Gasteiger partial charge is 0.227 e. The van der Waals surface area contributed by atoms with E-state index in [-0.39, 0.29) is 48.9 Å². The van der Waals surface area contributed by atoms with E-state index in [9.17, 15) is 14.7 Å². The largest absolute Gasteiger partial charge is 0.497 e. The number of carbonyl (C=O) groups is 2. The number of fused-ring (bicyclic) bond motifs is 3. The first-order chi connectivity index (χ1) is 17.0. The molecular formula is C27H32N2O6. The fourth-order valence-electron chi connectivity index (χ4n) is 5.10. The van der Waals surface area contributed by atoms with Crippen LogP contribution < -0.4 is 20.1 Å². The van der Waals surface area contributed by atoms with Crippen LogP contribution in [0.4, 0.5) is 5.69 Å². The zero-order valence-electron chi connectivity index (χ0n) is 19.9. The van der Waals surface area contributed by atoms with E-state index in [0.29, 0.717) is 13.0 Å². The molecule has 1 saturated carbocycles. The molecule has 4 atom stereocenters. The van der Waals surface area contributed by atoms with Crippen molar-refractivity contribution in [1.29, 1.82) is 0 Å². The lowest BCUT2D eigenvalue weighted by molar-refractivity contribution is -0.142. The molecule has 0 aromatic heterocycles. The molecule has 2 aliphatic heterocycles. The minimum absolute atomic E-state index is 0.0177. The summed E-state index contributed by atoms with van der Waals surface area (Å²) in [5.41, 5.74) is 2.73. The molecule has 2 amide bonds. The number of benzene rings is 2.